The Morgan fingerprint density at radius 1 is 0.964 bits per heavy atom. The average molecular weight is 378 g/mol. The Morgan fingerprint density at radius 3 is 2.11 bits per heavy atom. The van der Waals surface area contributed by atoms with Gasteiger partial charge in [0.15, 0.2) is 0 Å². The molecule has 2 aromatic rings. The van der Waals surface area contributed by atoms with Crippen LogP contribution in [0.15, 0.2) is 42.5 Å². The second-order valence-corrected chi connectivity index (χ2v) is 8.66. The first kappa shape index (κ1) is 19.0. The van der Waals surface area contributed by atoms with Crippen molar-refractivity contribution in [3.05, 3.63) is 59.2 Å². The number of fused-ring (bicyclic) bond motifs is 1. The van der Waals surface area contributed by atoms with E-state index in [1.165, 1.54) is 11.1 Å². The molecule has 0 aromatic heterocycles. The third-order valence-electron chi connectivity index (χ3n) is 6.25. The molecule has 0 bridgehead atoms. The summed E-state index contributed by atoms with van der Waals surface area (Å²) in [5.74, 6) is 0. The van der Waals surface area contributed by atoms with Crippen molar-refractivity contribution in [1.29, 1.82) is 0 Å². The molecule has 2 aliphatic rings. The maximum atomic E-state index is 12.8. The Labute approximate surface area is 167 Å². The van der Waals surface area contributed by atoms with Gasteiger partial charge in [0.05, 0.1) is 11.2 Å². The Bertz CT molecular complexity index is 885. The summed E-state index contributed by atoms with van der Waals surface area (Å²) in [6.07, 6.45) is 0. The predicted octanol–water partition coefficient (Wildman–Crippen LogP) is 3.84. The lowest BCUT2D eigenvalue weighted by atomic mass is 9.76. The van der Waals surface area contributed by atoms with Crippen molar-refractivity contribution >= 4 is 24.3 Å². The number of rotatable bonds is 2. The molecule has 2 aliphatic heterocycles. The van der Waals surface area contributed by atoms with Gasteiger partial charge in [0.25, 0.3) is 0 Å². The van der Waals surface area contributed by atoms with E-state index in [0.717, 1.165) is 16.7 Å². The molecule has 4 rings (SSSR count). The summed E-state index contributed by atoms with van der Waals surface area (Å²) in [7, 11) is -0.446. The molecule has 2 amide bonds. The minimum atomic E-state index is -0.446. The number of nitrogens with one attached hydrogen (secondary N) is 1. The molecule has 0 unspecified atom stereocenters. The zero-order valence-corrected chi connectivity index (χ0v) is 17.2. The second kappa shape index (κ2) is 6.64. The lowest BCUT2D eigenvalue weighted by molar-refractivity contribution is 0.00578. The number of amides is 2. The number of hydrogen-bond acceptors (Lipinski definition) is 3. The van der Waals surface area contributed by atoms with Crippen LogP contribution in [-0.2, 0) is 22.4 Å². The molecule has 2 heterocycles. The first-order chi connectivity index (χ1) is 13.2. The molecule has 6 heteroatoms. The molecule has 2 aromatic carbocycles. The summed E-state index contributed by atoms with van der Waals surface area (Å²) in [6.45, 7) is 11.4. The van der Waals surface area contributed by atoms with Gasteiger partial charge in [-0.05, 0) is 62.8 Å². The second-order valence-electron chi connectivity index (χ2n) is 8.66. The van der Waals surface area contributed by atoms with E-state index in [1.54, 1.807) is 0 Å². The normalized spacial score (nSPS) is 19.6. The topological polar surface area (TPSA) is 50.8 Å². The largest absolute Gasteiger partial charge is 0.495 e. The van der Waals surface area contributed by atoms with Gasteiger partial charge in [-0.1, -0.05) is 36.4 Å². The molecule has 146 valence electrons. The Balaban J connectivity index is 1.51. The van der Waals surface area contributed by atoms with Crippen molar-refractivity contribution in [1.82, 2.24) is 4.90 Å². The van der Waals surface area contributed by atoms with E-state index in [9.17, 15) is 4.79 Å². The van der Waals surface area contributed by atoms with Crippen LogP contribution in [0.5, 0.6) is 0 Å². The van der Waals surface area contributed by atoms with Gasteiger partial charge in [-0.2, -0.15) is 0 Å². The predicted molar refractivity (Wildman–Crippen MR) is 112 cm³/mol. The monoisotopic (exact) mass is 378 g/mol. The number of benzene rings is 2. The number of anilines is 1. The van der Waals surface area contributed by atoms with Gasteiger partial charge in [-0.3, -0.25) is 0 Å². The van der Waals surface area contributed by atoms with Gasteiger partial charge in [0, 0.05) is 18.8 Å². The molecule has 1 fully saturated rings. The summed E-state index contributed by atoms with van der Waals surface area (Å²) >= 11 is 0. The smallest absolute Gasteiger partial charge is 0.399 e. The van der Waals surface area contributed by atoms with Gasteiger partial charge in [-0.25, -0.2) is 4.79 Å². The maximum Gasteiger partial charge on any atom is 0.495 e. The number of urea groups is 1. The van der Waals surface area contributed by atoms with Crippen molar-refractivity contribution in [2.45, 2.75) is 58.9 Å². The molecule has 0 spiro atoms. The third kappa shape index (κ3) is 3.21. The lowest BCUT2D eigenvalue weighted by Crippen LogP contribution is -2.41. The van der Waals surface area contributed by atoms with Gasteiger partial charge >= 0.3 is 13.1 Å². The van der Waals surface area contributed by atoms with Crippen molar-refractivity contribution in [3.8, 4) is 0 Å². The van der Waals surface area contributed by atoms with Crippen molar-refractivity contribution in [2.24, 2.45) is 0 Å². The highest BCUT2D eigenvalue weighted by Crippen LogP contribution is 2.37. The molecule has 0 radical (unpaired) electrons. The van der Waals surface area contributed by atoms with Crippen molar-refractivity contribution < 1.29 is 14.1 Å². The molecule has 0 saturated carbocycles. The first-order valence-electron chi connectivity index (χ1n) is 9.76. The Hall–Kier alpha value is -2.31. The van der Waals surface area contributed by atoms with E-state index in [4.69, 9.17) is 9.31 Å². The van der Waals surface area contributed by atoms with Gasteiger partial charge < -0.3 is 19.5 Å². The highest BCUT2D eigenvalue weighted by Gasteiger charge is 2.52. The van der Waals surface area contributed by atoms with Crippen LogP contribution >= 0.6 is 0 Å². The quantitative estimate of drug-likeness (QED) is 0.808. The summed E-state index contributed by atoms with van der Waals surface area (Å²) < 4.78 is 12.4. The number of hydrogen-bond donors (Lipinski definition) is 1. The fraction of sp³-hybridized carbons (Fsp3) is 0.409. The summed E-state index contributed by atoms with van der Waals surface area (Å²) in [6, 6.07) is 13.9. The van der Waals surface area contributed by atoms with E-state index >= 15 is 0 Å². The maximum absolute atomic E-state index is 12.8. The molecule has 5 nitrogen and oxygen atoms in total. The summed E-state index contributed by atoms with van der Waals surface area (Å²) in [5, 5.41) is 3.07. The minimum absolute atomic E-state index is 0.0923. The highest BCUT2D eigenvalue weighted by molar-refractivity contribution is 6.62. The molecule has 28 heavy (non-hydrogen) atoms. The zero-order valence-electron chi connectivity index (χ0n) is 17.2. The highest BCUT2D eigenvalue weighted by atomic mass is 16.7. The molecular formula is C22H27BN2O3. The first-order valence-corrected chi connectivity index (χ1v) is 9.76. The molecule has 1 saturated heterocycles. The average Bonchev–Trinajstić information content (AvgIpc) is 3.15. The number of carbonyl (C=O) groups is 1. The number of carbonyl (C=O) groups excluding carboxylic acids is 1. The Morgan fingerprint density at radius 2 is 1.54 bits per heavy atom. The van der Waals surface area contributed by atoms with Crippen LogP contribution in [-0.4, -0.2) is 29.3 Å². The molecule has 1 N–H and O–H groups in total. The van der Waals surface area contributed by atoms with E-state index < -0.39 is 18.3 Å². The van der Waals surface area contributed by atoms with Crippen molar-refractivity contribution in [3.63, 3.8) is 0 Å². The van der Waals surface area contributed by atoms with E-state index in [-0.39, 0.29) is 6.03 Å². The van der Waals surface area contributed by atoms with Crippen LogP contribution in [0.2, 0.25) is 0 Å². The third-order valence-corrected chi connectivity index (χ3v) is 6.25. The number of nitrogens with zero attached hydrogens (tertiary/aromatic N) is 1. The van der Waals surface area contributed by atoms with E-state index in [2.05, 4.69) is 17.4 Å². The summed E-state index contributed by atoms with van der Waals surface area (Å²) in [5.41, 5.74) is 4.32. The van der Waals surface area contributed by atoms with Crippen LogP contribution < -0.4 is 10.8 Å². The fourth-order valence-electron chi connectivity index (χ4n) is 3.69. The van der Waals surface area contributed by atoms with Crippen LogP contribution in [0, 0.1) is 6.92 Å². The minimum Gasteiger partial charge on any atom is -0.399 e. The SMILES string of the molecule is Cc1c(NC(=O)N2Cc3ccccc3C2)cccc1B1OC(C)(C)C(C)(C)O1. The van der Waals surface area contributed by atoms with Crippen LogP contribution in [0.3, 0.4) is 0 Å². The standard InChI is InChI=1S/C22H27BN2O3/c1-15-18(23-27-21(2,3)22(4,5)28-23)11-8-12-19(15)24-20(26)25-13-16-9-6-7-10-17(16)14-25/h6-12H,13-14H2,1-5H3,(H,24,26). The van der Waals surface area contributed by atoms with Crippen LogP contribution in [0.25, 0.3) is 0 Å². The van der Waals surface area contributed by atoms with Crippen LogP contribution in [0.4, 0.5) is 10.5 Å². The summed E-state index contributed by atoms with van der Waals surface area (Å²) in [4.78, 5) is 14.7. The van der Waals surface area contributed by atoms with Gasteiger partial charge in [-0.15, -0.1) is 0 Å². The van der Waals surface area contributed by atoms with Gasteiger partial charge in [0.2, 0.25) is 0 Å². The van der Waals surface area contributed by atoms with Crippen molar-refractivity contribution in [2.75, 3.05) is 5.32 Å². The lowest BCUT2D eigenvalue weighted by Gasteiger charge is -2.32. The van der Waals surface area contributed by atoms with E-state index in [0.29, 0.717) is 13.1 Å². The molecular weight excluding hydrogens is 351 g/mol. The molecule has 0 atom stereocenters. The van der Waals surface area contributed by atoms with Crippen LogP contribution in [0.1, 0.15) is 44.4 Å². The van der Waals surface area contributed by atoms with Gasteiger partial charge in [0.1, 0.15) is 0 Å². The fourth-order valence-corrected chi connectivity index (χ4v) is 3.69. The molecule has 0 aliphatic carbocycles. The zero-order chi connectivity index (χ0) is 20.1. The Kier molecular flexibility index (Phi) is 4.51. The van der Waals surface area contributed by atoms with E-state index in [1.807, 2.05) is 69.9 Å².